The lowest BCUT2D eigenvalue weighted by Gasteiger charge is -2.23. The predicted octanol–water partition coefficient (Wildman–Crippen LogP) is 2.93. The molecule has 26 heavy (non-hydrogen) atoms. The highest BCUT2D eigenvalue weighted by Gasteiger charge is 2.53. The zero-order chi connectivity index (χ0) is 17.4. The number of aliphatic hydroxyl groups excluding tert-OH is 1. The summed E-state index contributed by atoms with van der Waals surface area (Å²) in [7, 11) is 0. The van der Waals surface area contributed by atoms with Crippen molar-refractivity contribution in [2.75, 3.05) is 19.6 Å². The number of nitrogens with zero attached hydrogens (tertiary/aromatic N) is 2. The van der Waals surface area contributed by atoms with Gasteiger partial charge in [0.25, 0.3) is 0 Å². The zero-order valence-electron chi connectivity index (χ0n) is 15.6. The summed E-state index contributed by atoms with van der Waals surface area (Å²) in [5.74, 6) is 2.40. The maximum atomic E-state index is 9.62. The van der Waals surface area contributed by atoms with Gasteiger partial charge in [0.15, 0.2) is 5.96 Å². The monoisotopic (exact) mass is 471 g/mol. The number of nitrogens with one attached hydrogen (secondary N) is 1. The molecule has 0 saturated carbocycles. The highest BCUT2D eigenvalue weighted by atomic mass is 127. The lowest BCUT2D eigenvalue weighted by Crippen LogP contribution is -2.41. The van der Waals surface area contributed by atoms with Gasteiger partial charge in [0.2, 0.25) is 0 Å². The fraction of sp³-hybridized carbons (Fsp3) is 0.650. The molecule has 5 unspecified atom stereocenters. The second-order valence-corrected chi connectivity index (χ2v) is 7.61. The van der Waals surface area contributed by atoms with Gasteiger partial charge in [-0.1, -0.05) is 24.3 Å². The van der Waals surface area contributed by atoms with Gasteiger partial charge in [-0.05, 0) is 37.8 Å². The lowest BCUT2D eigenvalue weighted by atomic mass is 9.82. The standard InChI is InChI=1S/C20H29N3O2.HI/c1-3-21-20(22-10-14-4-6-15(7-5-14)13(2)24)23-11-16-17(12-23)19-9-8-18(16)25-19;/h4-7,13,16-19,24H,3,8-12H2,1-2H3,(H,21,22);1H. The molecule has 2 N–H and O–H groups in total. The number of aliphatic hydroxyl groups is 1. The number of hydrogen-bond acceptors (Lipinski definition) is 3. The van der Waals surface area contributed by atoms with E-state index in [1.807, 2.05) is 12.1 Å². The van der Waals surface area contributed by atoms with Crippen molar-refractivity contribution in [2.24, 2.45) is 16.8 Å². The highest BCUT2D eigenvalue weighted by molar-refractivity contribution is 14.0. The number of ether oxygens (including phenoxy) is 1. The van der Waals surface area contributed by atoms with Crippen LogP contribution in [0.15, 0.2) is 29.3 Å². The van der Waals surface area contributed by atoms with Crippen molar-refractivity contribution >= 4 is 29.9 Å². The van der Waals surface area contributed by atoms with Gasteiger partial charge in [0.05, 0.1) is 24.9 Å². The van der Waals surface area contributed by atoms with Crippen molar-refractivity contribution in [3.63, 3.8) is 0 Å². The third-order valence-corrected chi connectivity index (χ3v) is 5.96. The summed E-state index contributed by atoms with van der Waals surface area (Å²) in [6.07, 6.45) is 3.02. The Morgan fingerprint density at radius 3 is 2.38 bits per heavy atom. The molecular formula is C20H30IN3O2. The van der Waals surface area contributed by atoms with E-state index in [1.165, 1.54) is 18.4 Å². The maximum absolute atomic E-state index is 9.62. The molecule has 1 aromatic carbocycles. The summed E-state index contributed by atoms with van der Waals surface area (Å²) in [6, 6.07) is 8.08. The van der Waals surface area contributed by atoms with Gasteiger partial charge in [0, 0.05) is 31.5 Å². The first-order valence-corrected chi connectivity index (χ1v) is 9.61. The van der Waals surface area contributed by atoms with E-state index in [2.05, 4.69) is 29.3 Å². The Morgan fingerprint density at radius 2 is 1.85 bits per heavy atom. The first-order valence-electron chi connectivity index (χ1n) is 9.61. The maximum Gasteiger partial charge on any atom is 0.194 e. The topological polar surface area (TPSA) is 57.1 Å². The Kier molecular flexibility index (Phi) is 6.45. The van der Waals surface area contributed by atoms with Crippen molar-refractivity contribution in [1.29, 1.82) is 0 Å². The summed E-state index contributed by atoms with van der Waals surface area (Å²) in [5, 5.41) is 13.1. The van der Waals surface area contributed by atoms with Crippen molar-refractivity contribution < 1.29 is 9.84 Å². The van der Waals surface area contributed by atoms with Gasteiger partial charge in [-0.25, -0.2) is 4.99 Å². The van der Waals surface area contributed by atoms with Crippen LogP contribution in [0.5, 0.6) is 0 Å². The first-order chi connectivity index (χ1) is 12.2. The number of benzene rings is 1. The number of guanidine groups is 1. The molecule has 0 aliphatic carbocycles. The Morgan fingerprint density at radius 1 is 1.23 bits per heavy atom. The van der Waals surface area contributed by atoms with Gasteiger partial charge in [-0.15, -0.1) is 24.0 Å². The molecule has 0 radical (unpaired) electrons. The largest absolute Gasteiger partial charge is 0.389 e. The zero-order valence-corrected chi connectivity index (χ0v) is 17.9. The SMILES string of the molecule is CCNC(=NCc1ccc(C(C)O)cc1)N1CC2C3CCC(O3)C2C1.I. The van der Waals surface area contributed by atoms with Crippen LogP contribution in [-0.4, -0.2) is 47.8 Å². The smallest absolute Gasteiger partial charge is 0.194 e. The first kappa shape index (κ1) is 19.9. The lowest BCUT2D eigenvalue weighted by molar-refractivity contribution is 0.0767. The van der Waals surface area contributed by atoms with Crippen molar-refractivity contribution in [3.05, 3.63) is 35.4 Å². The minimum Gasteiger partial charge on any atom is -0.389 e. The molecule has 6 heteroatoms. The molecule has 0 aromatic heterocycles. The number of likely N-dealkylation sites (tertiary alicyclic amines) is 1. The predicted molar refractivity (Wildman–Crippen MR) is 114 cm³/mol. The van der Waals surface area contributed by atoms with Crippen LogP contribution in [0.2, 0.25) is 0 Å². The second kappa shape index (κ2) is 8.44. The minimum absolute atomic E-state index is 0. The van der Waals surface area contributed by atoms with Gasteiger partial charge in [-0.2, -0.15) is 0 Å². The van der Waals surface area contributed by atoms with E-state index in [1.54, 1.807) is 6.92 Å². The third-order valence-electron chi connectivity index (χ3n) is 5.96. The van der Waals surface area contributed by atoms with Gasteiger partial charge < -0.3 is 20.1 Å². The molecule has 0 amide bonds. The molecule has 1 aromatic rings. The average Bonchev–Trinajstić information content (AvgIpc) is 3.31. The van der Waals surface area contributed by atoms with Crippen molar-refractivity contribution in [1.82, 2.24) is 10.2 Å². The number of fused-ring (bicyclic) bond motifs is 5. The minimum atomic E-state index is -0.420. The third kappa shape index (κ3) is 3.87. The molecule has 0 spiro atoms. The highest BCUT2D eigenvalue weighted by Crippen LogP contribution is 2.47. The molecule has 3 fully saturated rings. The van der Waals surface area contributed by atoms with Crippen LogP contribution in [-0.2, 0) is 11.3 Å². The summed E-state index contributed by atoms with van der Waals surface area (Å²) in [6.45, 7) is 7.60. The van der Waals surface area contributed by atoms with Crippen LogP contribution in [0.25, 0.3) is 0 Å². The van der Waals surface area contributed by atoms with Crippen LogP contribution >= 0.6 is 24.0 Å². The molecular weight excluding hydrogens is 441 g/mol. The van der Waals surface area contributed by atoms with E-state index < -0.39 is 6.10 Å². The van der Waals surface area contributed by atoms with Crippen LogP contribution < -0.4 is 5.32 Å². The van der Waals surface area contributed by atoms with Gasteiger partial charge in [-0.3, -0.25) is 0 Å². The van der Waals surface area contributed by atoms with E-state index in [0.717, 1.165) is 31.2 Å². The van der Waals surface area contributed by atoms with Crippen LogP contribution in [0, 0.1) is 11.8 Å². The summed E-state index contributed by atoms with van der Waals surface area (Å²) >= 11 is 0. The normalized spacial score (nSPS) is 30.9. The Labute approximate surface area is 173 Å². The van der Waals surface area contributed by atoms with Crippen molar-refractivity contribution in [2.45, 2.75) is 51.5 Å². The molecule has 4 rings (SSSR count). The van der Waals surface area contributed by atoms with E-state index in [4.69, 9.17) is 9.73 Å². The van der Waals surface area contributed by atoms with Crippen LogP contribution in [0.4, 0.5) is 0 Å². The van der Waals surface area contributed by atoms with Gasteiger partial charge in [0.1, 0.15) is 0 Å². The van der Waals surface area contributed by atoms with E-state index in [-0.39, 0.29) is 24.0 Å². The Hall–Kier alpha value is -0.860. The van der Waals surface area contributed by atoms with Crippen molar-refractivity contribution in [3.8, 4) is 0 Å². The molecule has 3 aliphatic heterocycles. The molecule has 3 heterocycles. The molecule has 5 atom stereocenters. The van der Waals surface area contributed by atoms with E-state index in [0.29, 0.717) is 30.6 Å². The Balaban J connectivity index is 0.00000196. The van der Waals surface area contributed by atoms with E-state index in [9.17, 15) is 5.11 Å². The molecule has 144 valence electrons. The molecule has 5 nitrogen and oxygen atoms in total. The summed E-state index contributed by atoms with van der Waals surface area (Å²) in [4.78, 5) is 7.29. The average molecular weight is 471 g/mol. The number of hydrogen-bond donors (Lipinski definition) is 2. The van der Waals surface area contributed by atoms with Crippen LogP contribution in [0.1, 0.15) is 43.9 Å². The number of halogens is 1. The molecule has 3 saturated heterocycles. The second-order valence-electron chi connectivity index (χ2n) is 7.61. The molecule has 2 bridgehead atoms. The summed E-state index contributed by atoms with van der Waals surface area (Å²) in [5.41, 5.74) is 2.12. The number of aliphatic imine (C=N–C) groups is 1. The van der Waals surface area contributed by atoms with Crippen LogP contribution in [0.3, 0.4) is 0 Å². The Bertz CT molecular complexity index is 616. The quantitative estimate of drug-likeness (QED) is 0.403. The fourth-order valence-electron chi connectivity index (χ4n) is 4.63. The van der Waals surface area contributed by atoms with E-state index >= 15 is 0 Å². The van der Waals surface area contributed by atoms with Gasteiger partial charge >= 0.3 is 0 Å². The summed E-state index contributed by atoms with van der Waals surface area (Å²) < 4.78 is 6.08. The molecule has 3 aliphatic rings. The fourth-order valence-corrected chi connectivity index (χ4v) is 4.63. The number of rotatable bonds is 4.